The molecule has 106 valence electrons. The normalized spacial score (nSPS) is 18.2. The molecule has 1 aliphatic heterocycles. The molecule has 0 bridgehead atoms. The number of hydrogen-bond donors (Lipinski definition) is 0. The summed E-state index contributed by atoms with van der Waals surface area (Å²) in [4.78, 5) is 4.74. The van der Waals surface area contributed by atoms with E-state index in [0.717, 1.165) is 30.0 Å². The van der Waals surface area contributed by atoms with Crippen molar-refractivity contribution in [2.24, 2.45) is 5.92 Å². The van der Waals surface area contributed by atoms with Crippen molar-refractivity contribution in [1.29, 1.82) is 0 Å². The van der Waals surface area contributed by atoms with E-state index < -0.39 is 0 Å². The van der Waals surface area contributed by atoms with E-state index in [1.54, 1.807) is 12.1 Å². The molecule has 1 aromatic carbocycles. The van der Waals surface area contributed by atoms with Crippen molar-refractivity contribution < 1.29 is 4.39 Å². The lowest BCUT2D eigenvalue weighted by atomic mass is 9.96. The molecule has 2 rings (SSSR count). The standard InChI is InChI=1S/C15H22BrFN2/c1-18(2)10-12-5-7-19(8-6-12)11-13-3-4-14(17)9-15(13)16/h3-4,9,12H,5-8,10-11H2,1-2H3. The summed E-state index contributed by atoms with van der Waals surface area (Å²) >= 11 is 3.45. The van der Waals surface area contributed by atoms with Crippen LogP contribution in [0.2, 0.25) is 0 Å². The number of hydrogen-bond acceptors (Lipinski definition) is 2. The smallest absolute Gasteiger partial charge is 0.124 e. The van der Waals surface area contributed by atoms with Crippen LogP contribution in [0.4, 0.5) is 4.39 Å². The van der Waals surface area contributed by atoms with Crippen LogP contribution in [0.15, 0.2) is 22.7 Å². The summed E-state index contributed by atoms with van der Waals surface area (Å²) in [5.41, 5.74) is 1.17. The van der Waals surface area contributed by atoms with Crippen molar-refractivity contribution in [3.63, 3.8) is 0 Å². The summed E-state index contributed by atoms with van der Waals surface area (Å²) in [6.07, 6.45) is 2.52. The molecule has 0 unspecified atom stereocenters. The van der Waals surface area contributed by atoms with Crippen LogP contribution < -0.4 is 0 Å². The Morgan fingerprint density at radius 3 is 2.58 bits per heavy atom. The number of rotatable bonds is 4. The molecule has 0 atom stereocenters. The minimum Gasteiger partial charge on any atom is -0.309 e. The molecule has 0 amide bonds. The third-order valence-corrected chi connectivity index (χ3v) is 4.48. The van der Waals surface area contributed by atoms with Gasteiger partial charge in [0.2, 0.25) is 0 Å². The first-order chi connectivity index (χ1) is 9.04. The maximum Gasteiger partial charge on any atom is 0.124 e. The Hall–Kier alpha value is -0.450. The van der Waals surface area contributed by atoms with Gasteiger partial charge in [0.05, 0.1) is 0 Å². The van der Waals surface area contributed by atoms with Gasteiger partial charge >= 0.3 is 0 Å². The average Bonchev–Trinajstić information content (AvgIpc) is 2.34. The van der Waals surface area contributed by atoms with Gasteiger partial charge in [-0.2, -0.15) is 0 Å². The Balaban J connectivity index is 1.85. The zero-order valence-electron chi connectivity index (χ0n) is 11.7. The van der Waals surface area contributed by atoms with Crippen molar-refractivity contribution in [2.75, 3.05) is 33.7 Å². The predicted molar refractivity (Wildman–Crippen MR) is 80.7 cm³/mol. The van der Waals surface area contributed by atoms with Gasteiger partial charge in [0.1, 0.15) is 5.82 Å². The molecule has 1 aliphatic rings. The highest BCUT2D eigenvalue weighted by Gasteiger charge is 2.20. The fourth-order valence-electron chi connectivity index (χ4n) is 2.73. The molecule has 1 heterocycles. The number of likely N-dealkylation sites (tertiary alicyclic amines) is 1. The highest BCUT2D eigenvalue weighted by Crippen LogP contribution is 2.23. The van der Waals surface area contributed by atoms with Crippen LogP contribution >= 0.6 is 15.9 Å². The lowest BCUT2D eigenvalue weighted by Gasteiger charge is -2.33. The lowest BCUT2D eigenvalue weighted by molar-refractivity contribution is 0.156. The van der Waals surface area contributed by atoms with E-state index >= 15 is 0 Å². The summed E-state index contributed by atoms with van der Waals surface area (Å²) in [5, 5.41) is 0. The summed E-state index contributed by atoms with van der Waals surface area (Å²) in [6.45, 7) is 4.38. The van der Waals surface area contributed by atoms with Gasteiger partial charge in [-0.3, -0.25) is 4.90 Å². The number of piperidine rings is 1. The van der Waals surface area contributed by atoms with Crippen LogP contribution in [0.5, 0.6) is 0 Å². The Kier molecular flexibility index (Phi) is 5.37. The topological polar surface area (TPSA) is 6.48 Å². The molecular weight excluding hydrogens is 307 g/mol. The predicted octanol–water partition coefficient (Wildman–Crippen LogP) is 3.36. The Bertz CT molecular complexity index is 415. The third kappa shape index (κ3) is 4.55. The monoisotopic (exact) mass is 328 g/mol. The van der Waals surface area contributed by atoms with Gasteiger partial charge in [-0.1, -0.05) is 22.0 Å². The Labute approximate surface area is 123 Å². The van der Waals surface area contributed by atoms with E-state index in [1.807, 2.05) is 6.07 Å². The molecule has 4 heteroatoms. The molecule has 0 aliphatic carbocycles. The molecule has 2 nitrogen and oxygen atoms in total. The Morgan fingerprint density at radius 2 is 2.00 bits per heavy atom. The molecule has 0 aromatic heterocycles. The third-order valence-electron chi connectivity index (χ3n) is 3.74. The van der Waals surface area contributed by atoms with E-state index in [1.165, 1.54) is 24.9 Å². The molecular formula is C15H22BrFN2. The molecule has 0 saturated carbocycles. The van der Waals surface area contributed by atoms with Gasteiger partial charge in [-0.15, -0.1) is 0 Å². The van der Waals surface area contributed by atoms with E-state index in [-0.39, 0.29) is 5.82 Å². The molecule has 0 spiro atoms. The molecule has 1 aromatic rings. The van der Waals surface area contributed by atoms with Gasteiger partial charge in [0.15, 0.2) is 0 Å². The van der Waals surface area contributed by atoms with E-state index in [2.05, 4.69) is 39.8 Å². The molecule has 1 saturated heterocycles. The summed E-state index contributed by atoms with van der Waals surface area (Å²) < 4.78 is 13.9. The van der Waals surface area contributed by atoms with E-state index in [4.69, 9.17) is 0 Å². The van der Waals surface area contributed by atoms with Crippen molar-refractivity contribution in [1.82, 2.24) is 9.80 Å². The minimum absolute atomic E-state index is 0.180. The summed E-state index contributed by atoms with van der Waals surface area (Å²) in [5.74, 6) is 0.642. The maximum absolute atomic E-state index is 13.1. The first-order valence-electron chi connectivity index (χ1n) is 6.85. The van der Waals surface area contributed by atoms with Crippen LogP contribution in [-0.2, 0) is 6.54 Å². The average molecular weight is 329 g/mol. The number of benzene rings is 1. The van der Waals surface area contributed by atoms with Crippen molar-refractivity contribution in [2.45, 2.75) is 19.4 Å². The first kappa shape index (κ1) is 14.9. The second-order valence-corrected chi connectivity index (χ2v) is 6.57. The molecule has 0 radical (unpaired) electrons. The van der Waals surface area contributed by atoms with Crippen molar-refractivity contribution in [3.05, 3.63) is 34.1 Å². The zero-order valence-corrected chi connectivity index (χ0v) is 13.3. The fourth-order valence-corrected chi connectivity index (χ4v) is 3.21. The largest absolute Gasteiger partial charge is 0.309 e. The highest BCUT2D eigenvalue weighted by molar-refractivity contribution is 9.10. The van der Waals surface area contributed by atoms with Crippen LogP contribution in [0.1, 0.15) is 18.4 Å². The quantitative estimate of drug-likeness (QED) is 0.836. The molecule has 0 N–H and O–H groups in total. The van der Waals surface area contributed by atoms with Gasteiger partial charge in [-0.25, -0.2) is 4.39 Å². The summed E-state index contributed by atoms with van der Waals surface area (Å²) in [6, 6.07) is 4.97. The van der Waals surface area contributed by atoms with Crippen molar-refractivity contribution >= 4 is 15.9 Å². The van der Waals surface area contributed by atoms with E-state index in [9.17, 15) is 4.39 Å². The second-order valence-electron chi connectivity index (χ2n) is 5.72. The molecule has 19 heavy (non-hydrogen) atoms. The van der Waals surface area contributed by atoms with Crippen molar-refractivity contribution in [3.8, 4) is 0 Å². The SMILES string of the molecule is CN(C)CC1CCN(Cc2ccc(F)cc2Br)CC1. The second kappa shape index (κ2) is 6.82. The van der Waals surface area contributed by atoms with Crippen LogP contribution in [-0.4, -0.2) is 43.5 Å². The van der Waals surface area contributed by atoms with Crippen LogP contribution in [0, 0.1) is 11.7 Å². The van der Waals surface area contributed by atoms with Gasteiger partial charge in [0, 0.05) is 17.6 Å². The lowest BCUT2D eigenvalue weighted by Crippen LogP contribution is -2.36. The Morgan fingerprint density at radius 1 is 1.32 bits per heavy atom. The highest BCUT2D eigenvalue weighted by atomic mass is 79.9. The first-order valence-corrected chi connectivity index (χ1v) is 7.65. The molecule has 1 fully saturated rings. The van der Waals surface area contributed by atoms with Crippen LogP contribution in [0.25, 0.3) is 0 Å². The van der Waals surface area contributed by atoms with Gasteiger partial charge in [-0.05, 0) is 63.6 Å². The van der Waals surface area contributed by atoms with Gasteiger partial charge in [0.25, 0.3) is 0 Å². The minimum atomic E-state index is -0.180. The fraction of sp³-hybridized carbons (Fsp3) is 0.600. The maximum atomic E-state index is 13.1. The number of nitrogens with zero attached hydrogens (tertiary/aromatic N) is 2. The number of halogens is 2. The zero-order chi connectivity index (χ0) is 13.8. The summed E-state index contributed by atoms with van der Waals surface area (Å²) in [7, 11) is 4.28. The van der Waals surface area contributed by atoms with Crippen LogP contribution in [0.3, 0.4) is 0 Å². The van der Waals surface area contributed by atoms with Gasteiger partial charge < -0.3 is 4.90 Å². The van der Waals surface area contributed by atoms with E-state index in [0.29, 0.717) is 0 Å².